The summed E-state index contributed by atoms with van der Waals surface area (Å²) in [5.41, 5.74) is 0. The minimum atomic E-state index is 0.242. The quantitative estimate of drug-likeness (QED) is 0.841. The molecule has 5 rings (SSSR count). The lowest BCUT2D eigenvalue weighted by Gasteiger charge is -2.54. The molecule has 0 aromatic rings. The average molecular weight is 277 g/mol. The summed E-state index contributed by atoms with van der Waals surface area (Å²) >= 11 is 0. The summed E-state index contributed by atoms with van der Waals surface area (Å²) < 4.78 is 0. The van der Waals surface area contributed by atoms with Gasteiger partial charge >= 0.3 is 0 Å². The molecule has 4 bridgehead atoms. The van der Waals surface area contributed by atoms with E-state index in [2.05, 4.69) is 4.90 Å². The molecule has 0 spiro atoms. The third kappa shape index (κ3) is 2.09. The van der Waals surface area contributed by atoms with E-state index in [4.69, 9.17) is 0 Å². The highest BCUT2D eigenvalue weighted by Gasteiger charge is 2.51. The van der Waals surface area contributed by atoms with Crippen LogP contribution in [-0.2, 0) is 4.79 Å². The van der Waals surface area contributed by atoms with Gasteiger partial charge in [-0.3, -0.25) is 4.79 Å². The van der Waals surface area contributed by atoms with Gasteiger partial charge in [-0.25, -0.2) is 0 Å². The van der Waals surface area contributed by atoms with E-state index in [1.807, 2.05) is 0 Å². The van der Waals surface area contributed by atoms with Gasteiger partial charge in [0.1, 0.15) is 0 Å². The predicted molar refractivity (Wildman–Crippen MR) is 76.9 cm³/mol. The molecule has 1 atom stereocenters. The Kier molecular flexibility index (Phi) is 3.29. The molecule has 5 fully saturated rings. The Morgan fingerprint density at radius 1 is 1.05 bits per heavy atom. The van der Waals surface area contributed by atoms with Crippen molar-refractivity contribution in [2.75, 3.05) is 19.7 Å². The van der Waals surface area contributed by atoms with Gasteiger partial charge in [0.2, 0.25) is 5.91 Å². The summed E-state index contributed by atoms with van der Waals surface area (Å²) in [4.78, 5) is 15.1. The van der Waals surface area contributed by atoms with Gasteiger partial charge in [-0.1, -0.05) is 0 Å². The number of likely N-dealkylation sites (tertiary alicyclic amines) is 1. The van der Waals surface area contributed by atoms with Gasteiger partial charge in [0.25, 0.3) is 0 Å². The zero-order valence-electron chi connectivity index (χ0n) is 12.3. The third-order valence-corrected chi connectivity index (χ3v) is 6.60. The van der Waals surface area contributed by atoms with Gasteiger partial charge in [0.05, 0.1) is 0 Å². The first-order chi connectivity index (χ1) is 9.74. The fourth-order valence-electron chi connectivity index (χ4n) is 5.95. The van der Waals surface area contributed by atoms with Gasteiger partial charge in [-0.2, -0.15) is 0 Å². The molecule has 3 nitrogen and oxygen atoms in total. The lowest BCUT2D eigenvalue weighted by Crippen LogP contribution is -2.53. The van der Waals surface area contributed by atoms with Crippen LogP contribution in [0.25, 0.3) is 0 Å². The van der Waals surface area contributed by atoms with Crippen molar-refractivity contribution in [1.82, 2.24) is 4.90 Å². The number of carbonyl (C=O) groups is 1. The summed E-state index contributed by atoms with van der Waals surface area (Å²) in [7, 11) is 0. The minimum absolute atomic E-state index is 0.242. The summed E-state index contributed by atoms with van der Waals surface area (Å²) in [6.45, 7) is 1.97. The van der Waals surface area contributed by atoms with Gasteiger partial charge < -0.3 is 10.0 Å². The average Bonchev–Trinajstić information content (AvgIpc) is 2.46. The van der Waals surface area contributed by atoms with Gasteiger partial charge in [-0.15, -0.1) is 0 Å². The smallest absolute Gasteiger partial charge is 0.226 e. The van der Waals surface area contributed by atoms with Crippen LogP contribution in [0.2, 0.25) is 0 Å². The monoisotopic (exact) mass is 277 g/mol. The van der Waals surface area contributed by atoms with E-state index < -0.39 is 0 Å². The molecule has 20 heavy (non-hydrogen) atoms. The highest BCUT2D eigenvalue weighted by Crippen LogP contribution is 2.56. The van der Waals surface area contributed by atoms with E-state index in [0.29, 0.717) is 29.6 Å². The van der Waals surface area contributed by atoms with E-state index in [1.54, 1.807) is 0 Å². The van der Waals surface area contributed by atoms with E-state index >= 15 is 0 Å². The first-order valence-corrected chi connectivity index (χ1v) is 8.64. The topological polar surface area (TPSA) is 40.5 Å². The molecule has 0 radical (unpaired) electrons. The first kappa shape index (κ1) is 13.1. The van der Waals surface area contributed by atoms with Crippen LogP contribution in [0.3, 0.4) is 0 Å². The van der Waals surface area contributed by atoms with Crippen molar-refractivity contribution in [3.63, 3.8) is 0 Å². The van der Waals surface area contributed by atoms with Crippen molar-refractivity contribution in [3.05, 3.63) is 0 Å². The first-order valence-electron chi connectivity index (χ1n) is 8.64. The number of hydrogen-bond acceptors (Lipinski definition) is 2. The molecule has 1 saturated heterocycles. The van der Waals surface area contributed by atoms with Crippen LogP contribution in [-0.4, -0.2) is 35.6 Å². The van der Waals surface area contributed by atoms with E-state index in [1.165, 1.54) is 32.1 Å². The fraction of sp³-hybridized carbons (Fsp3) is 0.941. The summed E-state index contributed by atoms with van der Waals surface area (Å²) in [6.07, 6.45) is 8.89. The van der Waals surface area contributed by atoms with Crippen molar-refractivity contribution in [2.45, 2.75) is 44.9 Å². The Morgan fingerprint density at radius 3 is 2.30 bits per heavy atom. The second-order valence-corrected chi connectivity index (χ2v) is 7.93. The predicted octanol–water partition coefficient (Wildman–Crippen LogP) is 2.29. The molecule has 0 aromatic heterocycles. The molecular weight excluding hydrogens is 250 g/mol. The summed E-state index contributed by atoms with van der Waals surface area (Å²) in [5.74, 6) is 4.35. The summed E-state index contributed by atoms with van der Waals surface area (Å²) in [6, 6.07) is 0. The molecule has 1 amide bonds. The second kappa shape index (κ2) is 5.01. The maximum Gasteiger partial charge on any atom is 0.226 e. The van der Waals surface area contributed by atoms with Crippen molar-refractivity contribution in [3.8, 4) is 0 Å². The number of amides is 1. The molecule has 1 aliphatic heterocycles. The number of aliphatic hydroxyl groups is 1. The van der Waals surface area contributed by atoms with E-state index in [0.717, 1.165) is 37.8 Å². The van der Waals surface area contributed by atoms with Crippen LogP contribution in [0.4, 0.5) is 0 Å². The minimum Gasteiger partial charge on any atom is -0.396 e. The van der Waals surface area contributed by atoms with Gasteiger partial charge in [-0.05, 0) is 74.5 Å². The molecule has 5 aliphatic rings. The van der Waals surface area contributed by atoms with Crippen LogP contribution in [0, 0.1) is 35.5 Å². The Morgan fingerprint density at radius 2 is 1.70 bits per heavy atom. The Bertz CT molecular complexity index is 366. The number of hydrogen-bond donors (Lipinski definition) is 1. The standard InChI is InChI=1S/C17H27NO2/c19-10-11-2-1-3-18(9-11)17(20)16-14-5-12-4-13(7-14)8-15(16)6-12/h11-16,19H,1-10H2. The number of aliphatic hydroxyl groups excluding tert-OH is 1. The molecule has 1 heterocycles. The van der Waals surface area contributed by atoms with E-state index in [-0.39, 0.29) is 6.61 Å². The molecule has 3 heteroatoms. The SMILES string of the molecule is O=C(C1C2CC3CC(C2)CC1C3)N1CCCC(CO)C1. The van der Waals surface area contributed by atoms with Crippen molar-refractivity contribution >= 4 is 5.91 Å². The second-order valence-electron chi connectivity index (χ2n) is 7.93. The van der Waals surface area contributed by atoms with Crippen LogP contribution >= 0.6 is 0 Å². The highest BCUT2D eigenvalue weighted by atomic mass is 16.3. The molecule has 4 aliphatic carbocycles. The third-order valence-electron chi connectivity index (χ3n) is 6.60. The Labute approximate surface area is 121 Å². The number of carbonyl (C=O) groups excluding carboxylic acids is 1. The zero-order valence-corrected chi connectivity index (χ0v) is 12.3. The van der Waals surface area contributed by atoms with Gasteiger partial charge in [0.15, 0.2) is 0 Å². The van der Waals surface area contributed by atoms with Crippen LogP contribution < -0.4 is 0 Å². The number of nitrogens with zero attached hydrogens (tertiary/aromatic N) is 1. The Hall–Kier alpha value is -0.570. The van der Waals surface area contributed by atoms with E-state index in [9.17, 15) is 9.90 Å². The van der Waals surface area contributed by atoms with Crippen LogP contribution in [0.1, 0.15) is 44.9 Å². The van der Waals surface area contributed by atoms with Gasteiger partial charge in [0, 0.05) is 25.6 Å². The highest BCUT2D eigenvalue weighted by molar-refractivity contribution is 5.80. The molecule has 4 saturated carbocycles. The molecular formula is C17H27NO2. The summed E-state index contributed by atoms with van der Waals surface area (Å²) in [5, 5.41) is 9.36. The molecule has 1 unspecified atom stereocenters. The normalized spacial score (nSPS) is 46.8. The van der Waals surface area contributed by atoms with Crippen molar-refractivity contribution in [2.24, 2.45) is 35.5 Å². The number of piperidine rings is 1. The Balaban J connectivity index is 1.48. The van der Waals surface area contributed by atoms with Crippen LogP contribution in [0.5, 0.6) is 0 Å². The number of rotatable bonds is 2. The maximum absolute atomic E-state index is 13.0. The van der Waals surface area contributed by atoms with Crippen LogP contribution in [0.15, 0.2) is 0 Å². The lowest BCUT2D eigenvalue weighted by atomic mass is 9.51. The zero-order chi connectivity index (χ0) is 13.7. The maximum atomic E-state index is 13.0. The molecule has 112 valence electrons. The largest absolute Gasteiger partial charge is 0.396 e. The molecule has 1 N–H and O–H groups in total. The fourth-order valence-corrected chi connectivity index (χ4v) is 5.95. The van der Waals surface area contributed by atoms with Crippen molar-refractivity contribution in [1.29, 1.82) is 0 Å². The van der Waals surface area contributed by atoms with Crippen molar-refractivity contribution < 1.29 is 9.90 Å². The molecule has 0 aromatic carbocycles. The lowest BCUT2D eigenvalue weighted by molar-refractivity contribution is -0.151.